The number of halogens is 1. The number of alkyl halides is 1. The standard InChI is InChI=1S/C14H21Br/c1-12(15)11-14(2,3)10-9-13-7-5-4-6-8-13/h4-8,12H,9-11H2,1-3H3. The van der Waals surface area contributed by atoms with Gasteiger partial charge in [0.25, 0.3) is 0 Å². The lowest BCUT2D eigenvalue weighted by Crippen LogP contribution is -2.16. The minimum atomic E-state index is 0.429. The predicted molar refractivity (Wildman–Crippen MR) is 71.6 cm³/mol. The van der Waals surface area contributed by atoms with E-state index in [0.717, 1.165) is 0 Å². The monoisotopic (exact) mass is 268 g/mol. The third-order valence-electron chi connectivity index (χ3n) is 2.77. The molecule has 0 fully saturated rings. The summed E-state index contributed by atoms with van der Waals surface area (Å²) in [5, 5.41) is 0. The summed E-state index contributed by atoms with van der Waals surface area (Å²) >= 11 is 3.64. The molecule has 1 aromatic carbocycles. The van der Waals surface area contributed by atoms with Crippen LogP contribution in [0, 0.1) is 5.41 Å². The van der Waals surface area contributed by atoms with E-state index < -0.39 is 0 Å². The van der Waals surface area contributed by atoms with E-state index in [1.54, 1.807) is 0 Å². The molecule has 84 valence electrons. The first-order valence-electron chi connectivity index (χ1n) is 5.68. The van der Waals surface area contributed by atoms with Crippen LogP contribution in [0.15, 0.2) is 30.3 Å². The molecule has 0 nitrogen and oxygen atoms in total. The Morgan fingerprint density at radius 2 is 1.80 bits per heavy atom. The van der Waals surface area contributed by atoms with Crippen molar-refractivity contribution in [2.24, 2.45) is 5.41 Å². The van der Waals surface area contributed by atoms with Crippen LogP contribution in [0.5, 0.6) is 0 Å². The summed E-state index contributed by atoms with van der Waals surface area (Å²) < 4.78 is 0. The van der Waals surface area contributed by atoms with Crippen molar-refractivity contribution >= 4 is 15.9 Å². The number of benzene rings is 1. The van der Waals surface area contributed by atoms with Crippen LogP contribution in [0.1, 0.15) is 39.2 Å². The average molecular weight is 269 g/mol. The molecule has 0 saturated heterocycles. The van der Waals surface area contributed by atoms with E-state index in [4.69, 9.17) is 0 Å². The van der Waals surface area contributed by atoms with Crippen LogP contribution in [0.3, 0.4) is 0 Å². The van der Waals surface area contributed by atoms with Gasteiger partial charge in [0.2, 0.25) is 0 Å². The zero-order valence-electron chi connectivity index (χ0n) is 9.96. The van der Waals surface area contributed by atoms with Crippen LogP contribution < -0.4 is 0 Å². The molecule has 0 aliphatic heterocycles. The summed E-state index contributed by atoms with van der Waals surface area (Å²) in [7, 11) is 0. The quantitative estimate of drug-likeness (QED) is 0.672. The number of hydrogen-bond acceptors (Lipinski definition) is 0. The van der Waals surface area contributed by atoms with Crippen molar-refractivity contribution in [2.75, 3.05) is 0 Å². The molecule has 1 unspecified atom stereocenters. The molecule has 1 heteroatoms. The van der Waals surface area contributed by atoms with Gasteiger partial charge in [-0.2, -0.15) is 0 Å². The maximum atomic E-state index is 3.64. The van der Waals surface area contributed by atoms with E-state index in [9.17, 15) is 0 Å². The highest BCUT2D eigenvalue weighted by Crippen LogP contribution is 2.30. The van der Waals surface area contributed by atoms with Crippen molar-refractivity contribution in [3.8, 4) is 0 Å². The molecule has 0 aliphatic carbocycles. The Bertz CT molecular complexity index is 275. The van der Waals surface area contributed by atoms with Gasteiger partial charge in [0.1, 0.15) is 0 Å². The van der Waals surface area contributed by atoms with Gasteiger partial charge in [-0.3, -0.25) is 0 Å². The van der Waals surface area contributed by atoms with Crippen LogP contribution in [0.4, 0.5) is 0 Å². The number of aryl methyl sites for hydroxylation is 1. The molecule has 15 heavy (non-hydrogen) atoms. The predicted octanol–water partition coefficient (Wildman–Crippen LogP) is 4.82. The van der Waals surface area contributed by atoms with Crippen LogP contribution in [-0.2, 0) is 6.42 Å². The Morgan fingerprint density at radius 1 is 1.20 bits per heavy atom. The molecule has 1 atom stereocenters. The van der Waals surface area contributed by atoms with Crippen LogP contribution in [0.25, 0.3) is 0 Å². The van der Waals surface area contributed by atoms with Crippen molar-refractivity contribution in [1.29, 1.82) is 0 Å². The first-order chi connectivity index (χ1) is 6.99. The zero-order valence-corrected chi connectivity index (χ0v) is 11.5. The molecule has 0 heterocycles. The topological polar surface area (TPSA) is 0 Å². The highest BCUT2D eigenvalue weighted by atomic mass is 79.9. The van der Waals surface area contributed by atoms with Gasteiger partial charge >= 0.3 is 0 Å². The van der Waals surface area contributed by atoms with E-state index >= 15 is 0 Å². The fourth-order valence-electron chi connectivity index (χ4n) is 1.99. The number of hydrogen-bond donors (Lipinski definition) is 0. The fraction of sp³-hybridized carbons (Fsp3) is 0.571. The van der Waals surface area contributed by atoms with E-state index in [0.29, 0.717) is 10.2 Å². The van der Waals surface area contributed by atoms with Crippen molar-refractivity contribution in [1.82, 2.24) is 0 Å². The Morgan fingerprint density at radius 3 is 2.33 bits per heavy atom. The van der Waals surface area contributed by atoms with Gasteiger partial charge < -0.3 is 0 Å². The van der Waals surface area contributed by atoms with Crippen molar-refractivity contribution in [2.45, 2.75) is 44.9 Å². The molecule has 1 rings (SSSR count). The molecule has 0 N–H and O–H groups in total. The third-order valence-corrected chi connectivity index (χ3v) is 3.09. The lowest BCUT2D eigenvalue weighted by molar-refractivity contribution is 0.310. The first-order valence-corrected chi connectivity index (χ1v) is 6.59. The maximum absolute atomic E-state index is 3.64. The van der Waals surface area contributed by atoms with E-state index in [-0.39, 0.29) is 0 Å². The van der Waals surface area contributed by atoms with Gasteiger partial charge in [-0.25, -0.2) is 0 Å². The lowest BCUT2D eigenvalue weighted by atomic mass is 9.82. The summed E-state index contributed by atoms with van der Waals surface area (Å²) in [6.45, 7) is 6.94. The number of rotatable bonds is 5. The Balaban J connectivity index is 2.42. The zero-order chi connectivity index (χ0) is 11.3. The molecule has 0 bridgehead atoms. The SMILES string of the molecule is CC(Br)CC(C)(C)CCc1ccccc1. The fourth-order valence-corrected chi connectivity index (χ4v) is 2.87. The molecule has 1 aromatic rings. The molecule has 0 aromatic heterocycles. The highest BCUT2D eigenvalue weighted by molar-refractivity contribution is 9.09. The summed E-state index contributed by atoms with van der Waals surface area (Å²) in [6, 6.07) is 10.8. The third kappa shape index (κ3) is 5.36. The van der Waals surface area contributed by atoms with Crippen LogP contribution in [-0.4, -0.2) is 4.83 Å². The summed E-state index contributed by atoms with van der Waals surface area (Å²) in [5.74, 6) is 0. The van der Waals surface area contributed by atoms with Crippen molar-refractivity contribution < 1.29 is 0 Å². The lowest BCUT2D eigenvalue weighted by Gasteiger charge is -2.26. The summed E-state index contributed by atoms with van der Waals surface area (Å²) in [5.41, 5.74) is 1.88. The first kappa shape index (κ1) is 12.8. The normalized spacial score (nSPS) is 13.9. The van der Waals surface area contributed by atoms with Gasteiger partial charge in [-0.15, -0.1) is 0 Å². The Kier molecular flexibility index (Phi) is 4.85. The second-order valence-electron chi connectivity index (χ2n) is 5.13. The smallest absolute Gasteiger partial charge is 0.0122 e. The molecule has 0 amide bonds. The van der Waals surface area contributed by atoms with E-state index in [2.05, 4.69) is 67.0 Å². The molecule has 0 radical (unpaired) electrons. The Hall–Kier alpha value is -0.300. The van der Waals surface area contributed by atoms with E-state index in [1.165, 1.54) is 24.8 Å². The second kappa shape index (κ2) is 5.69. The molecule has 0 aliphatic rings. The second-order valence-corrected chi connectivity index (χ2v) is 6.70. The highest BCUT2D eigenvalue weighted by Gasteiger charge is 2.19. The largest absolute Gasteiger partial charge is 0.0893 e. The summed E-state index contributed by atoms with van der Waals surface area (Å²) in [4.78, 5) is 0.614. The molecule has 0 saturated carbocycles. The molecule has 0 spiro atoms. The van der Waals surface area contributed by atoms with E-state index in [1.807, 2.05) is 0 Å². The molecular weight excluding hydrogens is 248 g/mol. The summed E-state index contributed by atoms with van der Waals surface area (Å²) in [6.07, 6.45) is 3.68. The van der Waals surface area contributed by atoms with Gasteiger partial charge in [0.05, 0.1) is 0 Å². The minimum Gasteiger partial charge on any atom is -0.0893 e. The van der Waals surface area contributed by atoms with Crippen LogP contribution >= 0.6 is 15.9 Å². The maximum Gasteiger partial charge on any atom is 0.0122 e. The van der Waals surface area contributed by atoms with Crippen LogP contribution in [0.2, 0.25) is 0 Å². The average Bonchev–Trinajstić information content (AvgIpc) is 2.15. The van der Waals surface area contributed by atoms with Gasteiger partial charge in [0.15, 0.2) is 0 Å². The minimum absolute atomic E-state index is 0.429. The molecular formula is C14H21Br. The van der Waals surface area contributed by atoms with Gasteiger partial charge in [0, 0.05) is 4.83 Å². The van der Waals surface area contributed by atoms with Crippen molar-refractivity contribution in [3.63, 3.8) is 0 Å². The Labute approximate surface area is 102 Å². The van der Waals surface area contributed by atoms with Gasteiger partial charge in [-0.05, 0) is 30.2 Å². The van der Waals surface area contributed by atoms with Crippen molar-refractivity contribution in [3.05, 3.63) is 35.9 Å². The van der Waals surface area contributed by atoms with Gasteiger partial charge in [-0.1, -0.05) is 67.0 Å².